The Balaban J connectivity index is 2.23. The zero-order valence-corrected chi connectivity index (χ0v) is 7.28. The van der Waals surface area contributed by atoms with Gasteiger partial charge in [-0.05, 0) is 31.0 Å². The van der Waals surface area contributed by atoms with Crippen molar-refractivity contribution in [2.75, 3.05) is 6.75 Å². The van der Waals surface area contributed by atoms with Crippen LogP contribution in [0.2, 0.25) is 0 Å². The highest BCUT2D eigenvalue weighted by Gasteiger charge is 2.13. The molecule has 70 valence electrons. The van der Waals surface area contributed by atoms with E-state index in [4.69, 9.17) is 12.2 Å². The highest BCUT2D eigenvalue weighted by molar-refractivity contribution is 5.44. The summed E-state index contributed by atoms with van der Waals surface area (Å²) < 4.78 is 24.4. The molecule has 0 spiro atoms. The molecule has 1 N–H and O–H groups in total. The summed E-state index contributed by atoms with van der Waals surface area (Å²) in [4.78, 5) is 0. The van der Waals surface area contributed by atoms with Crippen LogP contribution in [0.25, 0.3) is 0 Å². The number of hydrogen-bond donors (Lipinski definition) is 1. The number of aliphatic hydroxyl groups is 1. The van der Waals surface area contributed by atoms with E-state index in [9.17, 15) is 5.11 Å². The lowest BCUT2D eigenvalue weighted by Crippen LogP contribution is -2.03. The standard InChI is InChI=1S/C10H12O3/c1-7(11)4-8-2-3-9-10(5-8)13-6-12-9/h2-3,5,7,11H,4,6H2,1H3/t7-/m1/s1/i6D2. The maximum Gasteiger partial charge on any atom is 0.231 e. The van der Waals surface area contributed by atoms with Crippen LogP contribution in [0.4, 0.5) is 0 Å². The van der Waals surface area contributed by atoms with Crippen LogP contribution in [0.1, 0.15) is 15.2 Å². The summed E-state index contributed by atoms with van der Waals surface area (Å²) in [6, 6.07) is 5.13. The second-order valence-corrected chi connectivity index (χ2v) is 3.12. The Labute approximate surface area is 79.7 Å². The van der Waals surface area contributed by atoms with Crippen LogP contribution in [0.3, 0.4) is 0 Å². The molecular formula is C10H12O3. The Kier molecular flexibility index (Phi) is 1.57. The summed E-state index contributed by atoms with van der Waals surface area (Å²) in [5.41, 5.74) is 0.894. The van der Waals surface area contributed by atoms with Crippen molar-refractivity contribution in [3.63, 3.8) is 0 Å². The fraction of sp³-hybridized carbons (Fsp3) is 0.400. The predicted molar refractivity (Wildman–Crippen MR) is 47.9 cm³/mol. The molecule has 1 aromatic carbocycles. The Bertz CT molecular complexity index is 377. The third kappa shape index (κ3) is 1.75. The molecule has 2 rings (SSSR count). The average molecular weight is 182 g/mol. The molecule has 1 aliphatic rings. The molecule has 3 nitrogen and oxygen atoms in total. The summed E-state index contributed by atoms with van der Waals surface area (Å²) >= 11 is 0. The van der Waals surface area contributed by atoms with E-state index in [1.807, 2.05) is 0 Å². The van der Waals surface area contributed by atoms with Gasteiger partial charge in [0.1, 0.15) is 2.74 Å². The topological polar surface area (TPSA) is 38.7 Å². The zero-order valence-electron chi connectivity index (χ0n) is 9.28. The van der Waals surface area contributed by atoms with Gasteiger partial charge < -0.3 is 14.6 Å². The molecule has 0 unspecified atom stereocenters. The van der Waals surface area contributed by atoms with Crippen molar-refractivity contribution in [3.05, 3.63) is 23.8 Å². The van der Waals surface area contributed by atoms with Gasteiger partial charge in [0.15, 0.2) is 11.5 Å². The van der Waals surface area contributed by atoms with Crippen LogP contribution in [0.5, 0.6) is 11.5 Å². The highest BCUT2D eigenvalue weighted by atomic mass is 16.7. The first-order valence-electron chi connectivity index (χ1n) is 5.15. The predicted octanol–water partition coefficient (Wildman–Crippen LogP) is 1.34. The van der Waals surface area contributed by atoms with Gasteiger partial charge in [0.25, 0.3) is 0 Å². The molecular weight excluding hydrogens is 168 g/mol. The molecule has 0 amide bonds. The van der Waals surface area contributed by atoms with Gasteiger partial charge in [0, 0.05) is 0 Å². The lowest BCUT2D eigenvalue weighted by Gasteiger charge is -2.04. The van der Waals surface area contributed by atoms with Gasteiger partial charge >= 0.3 is 0 Å². The smallest absolute Gasteiger partial charge is 0.231 e. The fourth-order valence-electron chi connectivity index (χ4n) is 1.30. The van der Waals surface area contributed by atoms with E-state index in [0.29, 0.717) is 17.9 Å². The summed E-state index contributed by atoms with van der Waals surface area (Å²) in [6.45, 7) is -0.379. The number of fused-ring (bicyclic) bond motifs is 1. The lowest BCUT2D eigenvalue weighted by atomic mass is 10.1. The van der Waals surface area contributed by atoms with Gasteiger partial charge in [-0.2, -0.15) is 0 Å². The summed E-state index contributed by atoms with van der Waals surface area (Å²) in [5, 5.41) is 9.21. The Morgan fingerprint density at radius 3 is 3.08 bits per heavy atom. The van der Waals surface area contributed by atoms with Crippen molar-refractivity contribution in [2.45, 2.75) is 19.4 Å². The van der Waals surface area contributed by atoms with Crippen molar-refractivity contribution < 1.29 is 17.3 Å². The second-order valence-electron chi connectivity index (χ2n) is 3.12. The molecule has 13 heavy (non-hydrogen) atoms. The Morgan fingerprint density at radius 2 is 2.31 bits per heavy atom. The average Bonchev–Trinajstić information content (AvgIpc) is 2.36. The SMILES string of the molecule is [2H]C1([2H])Oc2ccc(C[C@@H](C)O)cc2O1. The molecule has 0 radical (unpaired) electrons. The third-order valence-corrected chi connectivity index (χ3v) is 1.84. The van der Waals surface area contributed by atoms with Crippen molar-refractivity contribution in [2.24, 2.45) is 0 Å². The zero-order chi connectivity index (χ0) is 11.1. The molecule has 0 aliphatic carbocycles. The Hall–Kier alpha value is -1.22. The van der Waals surface area contributed by atoms with Crippen molar-refractivity contribution >= 4 is 0 Å². The molecule has 1 aromatic rings. The molecule has 0 saturated heterocycles. The minimum absolute atomic E-state index is 0.387. The van der Waals surface area contributed by atoms with Gasteiger partial charge in [-0.3, -0.25) is 0 Å². The van der Waals surface area contributed by atoms with Crippen LogP contribution in [0, 0.1) is 0 Å². The minimum Gasteiger partial charge on any atom is -0.454 e. The van der Waals surface area contributed by atoms with Crippen molar-refractivity contribution in [3.8, 4) is 11.5 Å². The fourth-order valence-corrected chi connectivity index (χ4v) is 1.30. The molecule has 1 heterocycles. The largest absolute Gasteiger partial charge is 0.454 e. The van der Waals surface area contributed by atoms with Gasteiger partial charge in [0.05, 0.1) is 6.10 Å². The summed E-state index contributed by atoms with van der Waals surface area (Å²) in [5.74, 6) is 0.785. The van der Waals surface area contributed by atoms with E-state index in [-0.39, 0.29) is 0 Å². The molecule has 1 atom stereocenters. The molecule has 0 saturated carbocycles. The Morgan fingerprint density at radius 1 is 1.54 bits per heavy atom. The van der Waals surface area contributed by atoms with Gasteiger partial charge in [-0.15, -0.1) is 0 Å². The number of hydrogen-bond acceptors (Lipinski definition) is 3. The van der Waals surface area contributed by atoms with Crippen LogP contribution in [-0.4, -0.2) is 18.0 Å². The molecule has 3 heteroatoms. The molecule has 0 fully saturated rings. The second kappa shape index (κ2) is 3.26. The summed E-state index contributed by atoms with van der Waals surface area (Å²) in [6.07, 6.45) is 0.0849. The van der Waals surface area contributed by atoms with E-state index in [1.165, 1.54) is 0 Å². The van der Waals surface area contributed by atoms with E-state index in [2.05, 4.69) is 0 Å². The van der Waals surface area contributed by atoms with Gasteiger partial charge in [-0.1, -0.05) is 6.07 Å². The monoisotopic (exact) mass is 182 g/mol. The first-order valence-corrected chi connectivity index (χ1v) is 4.15. The van der Waals surface area contributed by atoms with Crippen LogP contribution >= 0.6 is 0 Å². The first-order chi connectivity index (χ1) is 6.96. The van der Waals surface area contributed by atoms with Crippen molar-refractivity contribution in [1.82, 2.24) is 0 Å². The minimum atomic E-state index is -2.08. The summed E-state index contributed by atoms with van der Waals surface area (Å²) in [7, 11) is 0. The van der Waals surface area contributed by atoms with E-state index >= 15 is 0 Å². The normalized spacial score (nSPS) is 22.0. The maximum absolute atomic E-state index is 9.21. The molecule has 0 bridgehead atoms. The first kappa shape index (κ1) is 6.27. The van der Waals surface area contributed by atoms with E-state index < -0.39 is 12.8 Å². The third-order valence-electron chi connectivity index (χ3n) is 1.84. The van der Waals surface area contributed by atoms with Crippen molar-refractivity contribution in [1.29, 1.82) is 0 Å². The van der Waals surface area contributed by atoms with Gasteiger partial charge in [-0.25, -0.2) is 0 Å². The number of benzene rings is 1. The quantitative estimate of drug-likeness (QED) is 0.750. The van der Waals surface area contributed by atoms with Gasteiger partial charge in [0.2, 0.25) is 6.75 Å². The van der Waals surface area contributed by atoms with E-state index in [1.54, 1.807) is 25.1 Å². The number of rotatable bonds is 2. The molecule has 1 aliphatic heterocycles. The number of ether oxygens (including phenoxy) is 2. The van der Waals surface area contributed by atoms with Crippen LogP contribution in [-0.2, 0) is 6.42 Å². The maximum atomic E-state index is 9.21. The highest BCUT2D eigenvalue weighted by Crippen LogP contribution is 2.32. The van der Waals surface area contributed by atoms with E-state index in [0.717, 1.165) is 5.56 Å². The van der Waals surface area contributed by atoms with Crippen LogP contribution in [0.15, 0.2) is 18.2 Å². The number of aliphatic hydroxyl groups excluding tert-OH is 1. The van der Waals surface area contributed by atoms with Crippen LogP contribution < -0.4 is 9.47 Å². The lowest BCUT2D eigenvalue weighted by molar-refractivity contribution is 0.174. The molecule has 0 aromatic heterocycles.